The molecule has 2 rings (SSSR count). The summed E-state index contributed by atoms with van der Waals surface area (Å²) in [6.07, 6.45) is -3.43. The van der Waals surface area contributed by atoms with Gasteiger partial charge in [-0.2, -0.15) is 13.2 Å². The lowest BCUT2D eigenvalue weighted by molar-refractivity contribution is -0.137. The molecule has 1 aromatic heterocycles. The number of halogens is 3. The molecule has 1 heterocycles. The molecule has 1 aromatic carbocycles. The number of nitrogens with zero attached hydrogens (tertiary/aromatic N) is 3. The fraction of sp³-hybridized carbons (Fsp3) is 0.182. The van der Waals surface area contributed by atoms with Crippen molar-refractivity contribution >= 4 is 11.7 Å². The van der Waals surface area contributed by atoms with Gasteiger partial charge >= 0.3 is 12.1 Å². The number of nitrogens with two attached hydrogens (primary N) is 1. The third-order valence-corrected chi connectivity index (χ3v) is 2.39. The fourth-order valence-electron chi connectivity index (χ4n) is 1.50. The van der Waals surface area contributed by atoms with Crippen molar-refractivity contribution in [1.82, 2.24) is 14.8 Å². The number of benzene rings is 1. The second kappa shape index (κ2) is 4.83. The van der Waals surface area contributed by atoms with Gasteiger partial charge in [-0.3, -0.25) is 0 Å². The van der Waals surface area contributed by atoms with Gasteiger partial charge in [0, 0.05) is 5.69 Å². The molecule has 0 bridgehead atoms. The number of carbonyl (C=O) groups excluding carboxylic acids is 1. The fourth-order valence-corrected chi connectivity index (χ4v) is 1.50. The van der Waals surface area contributed by atoms with Gasteiger partial charge in [0.2, 0.25) is 0 Å². The first-order valence-corrected chi connectivity index (χ1v) is 5.29. The predicted molar refractivity (Wildman–Crippen MR) is 62.1 cm³/mol. The average molecular weight is 286 g/mol. The minimum atomic E-state index is -4.53. The van der Waals surface area contributed by atoms with Crippen molar-refractivity contribution in [2.24, 2.45) is 0 Å². The van der Waals surface area contributed by atoms with Crippen molar-refractivity contribution in [1.29, 1.82) is 0 Å². The number of rotatable bonds is 2. The summed E-state index contributed by atoms with van der Waals surface area (Å²) >= 11 is 0. The Morgan fingerprint density at radius 2 is 2.05 bits per heavy atom. The Hall–Kier alpha value is -2.58. The summed E-state index contributed by atoms with van der Waals surface area (Å²) in [7, 11) is 1.14. The van der Waals surface area contributed by atoms with Gasteiger partial charge in [0.05, 0.1) is 18.4 Å². The van der Waals surface area contributed by atoms with E-state index < -0.39 is 17.7 Å². The Morgan fingerprint density at radius 3 is 2.65 bits per heavy atom. The van der Waals surface area contributed by atoms with E-state index in [1.54, 1.807) is 0 Å². The molecule has 0 atom stereocenters. The number of ether oxygens (including phenoxy) is 1. The van der Waals surface area contributed by atoms with Crippen LogP contribution in [0.25, 0.3) is 5.69 Å². The smallest absolute Gasteiger partial charge is 0.416 e. The molecule has 0 fully saturated rings. The van der Waals surface area contributed by atoms with Crippen LogP contribution in [0.3, 0.4) is 0 Å². The van der Waals surface area contributed by atoms with E-state index in [-0.39, 0.29) is 17.2 Å². The molecule has 9 heteroatoms. The molecule has 0 saturated heterocycles. The Balaban J connectivity index is 2.45. The topological polar surface area (TPSA) is 83.0 Å². The summed E-state index contributed by atoms with van der Waals surface area (Å²) < 4.78 is 43.4. The lowest BCUT2D eigenvalue weighted by atomic mass is 10.1. The van der Waals surface area contributed by atoms with E-state index in [0.717, 1.165) is 30.3 Å². The maximum atomic E-state index is 12.7. The molecule has 0 spiro atoms. The van der Waals surface area contributed by atoms with Crippen LogP contribution >= 0.6 is 0 Å². The molecule has 0 saturated carbocycles. The van der Waals surface area contributed by atoms with E-state index in [1.807, 2.05) is 0 Å². The zero-order chi connectivity index (χ0) is 14.9. The number of methoxy groups -OCH3 is 1. The van der Waals surface area contributed by atoms with Gasteiger partial charge in [0.25, 0.3) is 5.82 Å². The lowest BCUT2D eigenvalue weighted by Crippen LogP contribution is -2.09. The molecule has 106 valence electrons. The SMILES string of the molecule is COC(=O)c1ncn(-c2cc(N)cc(C(F)(F)F)c2)n1. The normalized spacial score (nSPS) is 11.4. The zero-order valence-corrected chi connectivity index (χ0v) is 10.2. The van der Waals surface area contributed by atoms with Crippen LogP contribution in [-0.4, -0.2) is 27.8 Å². The van der Waals surface area contributed by atoms with Crippen molar-refractivity contribution in [3.63, 3.8) is 0 Å². The van der Waals surface area contributed by atoms with Gasteiger partial charge in [0.1, 0.15) is 6.33 Å². The summed E-state index contributed by atoms with van der Waals surface area (Å²) in [5, 5.41) is 3.72. The van der Waals surface area contributed by atoms with Crippen molar-refractivity contribution in [2.75, 3.05) is 12.8 Å². The van der Waals surface area contributed by atoms with Crippen molar-refractivity contribution in [3.05, 3.63) is 35.9 Å². The highest BCUT2D eigenvalue weighted by Gasteiger charge is 2.31. The first-order chi connectivity index (χ1) is 9.31. The summed E-state index contributed by atoms with van der Waals surface area (Å²) in [6.45, 7) is 0. The van der Waals surface area contributed by atoms with Gasteiger partial charge in [-0.25, -0.2) is 14.5 Å². The largest absolute Gasteiger partial charge is 0.463 e. The number of nitrogen functional groups attached to an aromatic ring is 1. The van der Waals surface area contributed by atoms with Crippen LogP contribution in [0.4, 0.5) is 18.9 Å². The standard InChI is InChI=1S/C11H9F3N4O2/c1-20-10(19)9-16-5-18(17-9)8-3-6(11(12,13)14)2-7(15)4-8/h2-5H,15H2,1H3. The maximum absolute atomic E-state index is 12.7. The highest BCUT2D eigenvalue weighted by molar-refractivity contribution is 5.84. The Labute approximate surface area is 111 Å². The molecule has 0 radical (unpaired) electrons. The second-order valence-corrected chi connectivity index (χ2v) is 3.82. The second-order valence-electron chi connectivity index (χ2n) is 3.82. The maximum Gasteiger partial charge on any atom is 0.416 e. The Morgan fingerprint density at radius 1 is 1.35 bits per heavy atom. The van der Waals surface area contributed by atoms with Crippen LogP contribution in [0.1, 0.15) is 16.2 Å². The van der Waals surface area contributed by atoms with Crippen molar-refractivity contribution in [3.8, 4) is 5.69 Å². The Bertz CT molecular complexity index is 651. The molecule has 0 aliphatic rings. The van der Waals surface area contributed by atoms with Gasteiger partial charge in [0.15, 0.2) is 0 Å². The summed E-state index contributed by atoms with van der Waals surface area (Å²) in [5.74, 6) is -1.05. The molecule has 0 unspecified atom stereocenters. The van der Waals surface area contributed by atoms with E-state index in [1.165, 1.54) is 6.07 Å². The minimum absolute atomic E-state index is 0.0416. The van der Waals surface area contributed by atoms with Crippen LogP contribution in [0.2, 0.25) is 0 Å². The number of hydrogen-bond acceptors (Lipinski definition) is 5. The summed E-state index contributed by atoms with van der Waals surface area (Å²) in [4.78, 5) is 14.8. The number of carbonyl (C=O) groups is 1. The number of hydrogen-bond donors (Lipinski definition) is 1. The molecular formula is C11H9F3N4O2. The minimum Gasteiger partial charge on any atom is -0.463 e. The monoisotopic (exact) mass is 286 g/mol. The third-order valence-electron chi connectivity index (χ3n) is 2.39. The third kappa shape index (κ3) is 2.71. The number of anilines is 1. The van der Waals surface area contributed by atoms with E-state index >= 15 is 0 Å². The summed E-state index contributed by atoms with van der Waals surface area (Å²) in [6, 6.07) is 2.94. The molecule has 2 aromatic rings. The van der Waals surface area contributed by atoms with Gasteiger partial charge in [-0.05, 0) is 18.2 Å². The van der Waals surface area contributed by atoms with Crippen LogP contribution < -0.4 is 5.73 Å². The molecule has 20 heavy (non-hydrogen) atoms. The first kappa shape index (κ1) is 13.8. The van der Waals surface area contributed by atoms with Crippen molar-refractivity contribution in [2.45, 2.75) is 6.18 Å². The van der Waals surface area contributed by atoms with Gasteiger partial charge < -0.3 is 10.5 Å². The average Bonchev–Trinajstić information content (AvgIpc) is 2.85. The summed E-state index contributed by atoms with van der Waals surface area (Å²) in [5.41, 5.74) is 4.48. The highest BCUT2D eigenvalue weighted by Crippen LogP contribution is 2.32. The Kier molecular flexibility index (Phi) is 3.35. The van der Waals surface area contributed by atoms with Crippen molar-refractivity contribution < 1.29 is 22.7 Å². The van der Waals surface area contributed by atoms with E-state index in [9.17, 15) is 18.0 Å². The molecular weight excluding hydrogens is 277 g/mol. The number of esters is 1. The number of alkyl halides is 3. The van der Waals surface area contributed by atoms with Crippen LogP contribution in [-0.2, 0) is 10.9 Å². The van der Waals surface area contributed by atoms with Crippen LogP contribution in [0.5, 0.6) is 0 Å². The quantitative estimate of drug-likeness (QED) is 0.670. The molecule has 0 amide bonds. The molecule has 2 N–H and O–H groups in total. The van der Waals surface area contributed by atoms with E-state index in [0.29, 0.717) is 0 Å². The lowest BCUT2D eigenvalue weighted by Gasteiger charge is -2.10. The highest BCUT2D eigenvalue weighted by atomic mass is 19.4. The molecule has 6 nitrogen and oxygen atoms in total. The molecule has 0 aliphatic heterocycles. The zero-order valence-electron chi connectivity index (χ0n) is 10.2. The van der Waals surface area contributed by atoms with Crippen LogP contribution in [0.15, 0.2) is 24.5 Å². The van der Waals surface area contributed by atoms with Crippen LogP contribution in [0, 0.1) is 0 Å². The van der Waals surface area contributed by atoms with Gasteiger partial charge in [-0.15, -0.1) is 5.10 Å². The predicted octanol–water partition coefficient (Wildman–Crippen LogP) is 1.65. The molecule has 0 aliphatic carbocycles. The number of aromatic nitrogens is 3. The van der Waals surface area contributed by atoms with E-state index in [2.05, 4.69) is 14.8 Å². The van der Waals surface area contributed by atoms with E-state index in [4.69, 9.17) is 5.73 Å². The van der Waals surface area contributed by atoms with Gasteiger partial charge in [-0.1, -0.05) is 0 Å². The first-order valence-electron chi connectivity index (χ1n) is 5.29.